The van der Waals surface area contributed by atoms with Gasteiger partial charge in [-0.1, -0.05) is 6.07 Å². The fraction of sp³-hybridized carbons (Fsp3) is 0.550. The smallest absolute Gasteiger partial charge is 0.226 e. The van der Waals surface area contributed by atoms with Crippen LogP contribution in [0.2, 0.25) is 0 Å². The van der Waals surface area contributed by atoms with Crippen LogP contribution >= 0.6 is 11.3 Å². The molecule has 0 unspecified atom stereocenters. The van der Waals surface area contributed by atoms with E-state index in [9.17, 15) is 4.79 Å². The highest BCUT2D eigenvalue weighted by Gasteiger charge is 2.54. The van der Waals surface area contributed by atoms with Gasteiger partial charge in [0.05, 0.1) is 17.9 Å². The molecule has 4 aliphatic carbocycles. The van der Waals surface area contributed by atoms with Gasteiger partial charge in [0.2, 0.25) is 5.91 Å². The molecule has 4 saturated carbocycles. The molecule has 4 bridgehead atoms. The Balaban J connectivity index is 1.26. The summed E-state index contributed by atoms with van der Waals surface area (Å²) in [5.41, 5.74) is 1.75. The normalized spacial score (nSPS) is 32.7. The van der Waals surface area contributed by atoms with Crippen LogP contribution in [0.15, 0.2) is 29.8 Å². The summed E-state index contributed by atoms with van der Waals surface area (Å²) in [5, 5.41) is 6.15. The van der Waals surface area contributed by atoms with E-state index in [4.69, 9.17) is 0 Å². The Morgan fingerprint density at radius 1 is 1.16 bits per heavy atom. The zero-order valence-electron chi connectivity index (χ0n) is 14.3. The van der Waals surface area contributed by atoms with Crippen LogP contribution in [0.25, 0.3) is 10.7 Å². The van der Waals surface area contributed by atoms with E-state index in [0.717, 1.165) is 53.4 Å². The summed E-state index contributed by atoms with van der Waals surface area (Å²) in [5.74, 6) is 2.67. The number of carbonyl (C=O) groups excluding carboxylic acids is 1. The molecule has 0 aliphatic heterocycles. The van der Waals surface area contributed by atoms with Crippen LogP contribution in [0.4, 0.5) is 0 Å². The number of amides is 1. The van der Waals surface area contributed by atoms with E-state index in [-0.39, 0.29) is 11.3 Å². The Hall–Kier alpha value is -1.75. The highest BCUT2D eigenvalue weighted by molar-refractivity contribution is 7.13. The molecule has 2 aromatic heterocycles. The molecule has 4 aliphatic rings. The molecule has 4 nitrogen and oxygen atoms in total. The van der Waals surface area contributed by atoms with Gasteiger partial charge in [-0.25, -0.2) is 4.98 Å². The first-order valence-corrected chi connectivity index (χ1v) is 10.2. The molecule has 4 fully saturated rings. The van der Waals surface area contributed by atoms with E-state index < -0.39 is 0 Å². The number of hydrogen-bond donors (Lipinski definition) is 1. The zero-order chi connectivity index (χ0) is 16.9. The van der Waals surface area contributed by atoms with Crippen molar-refractivity contribution >= 4 is 17.2 Å². The van der Waals surface area contributed by atoms with Crippen molar-refractivity contribution in [3.8, 4) is 10.7 Å². The quantitative estimate of drug-likeness (QED) is 0.902. The SMILES string of the molecule is O=C(NCc1csc(-c2ccccn2)n1)C12CC3CC(CC(C3)C1)C2. The molecule has 1 amide bonds. The van der Waals surface area contributed by atoms with Crippen molar-refractivity contribution in [2.24, 2.45) is 23.2 Å². The number of pyridine rings is 1. The van der Waals surface area contributed by atoms with Gasteiger partial charge in [0.25, 0.3) is 0 Å². The van der Waals surface area contributed by atoms with Crippen LogP contribution in [-0.4, -0.2) is 15.9 Å². The summed E-state index contributed by atoms with van der Waals surface area (Å²) in [7, 11) is 0. The Morgan fingerprint density at radius 2 is 1.88 bits per heavy atom. The van der Waals surface area contributed by atoms with Gasteiger partial charge in [-0.2, -0.15) is 0 Å². The molecule has 2 heterocycles. The van der Waals surface area contributed by atoms with Crippen LogP contribution < -0.4 is 5.32 Å². The summed E-state index contributed by atoms with van der Waals surface area (Å²) in [4.78, 5) is 22.0. The number of hydrogen-bond acceptors (Lipinski definition) is 4. The van der Waals surface area contributed by atoms with Gasteiger partial charge in [0, 0.05) is 17.0 Å². The van der Waals surface area contributed by atoms with E-state index in [1.54, 1.807) is 17.5 Å². The summed E-state index contributed by atoms with van der Waals surface area (Å²) < 4.78 is 0. The van der Waals surface area contributed by atoms with E-state index in [2.05, 4.69) is 15.3 Å². The lowest BCUT2D eigenvalue weighted by Gasteiger charge is -2.55. The first-order chi connectivity index (χ1) is 12.2. The second-order valence-corrected chi connectivity index (χ2v) is 9.10. The average Bonchev–Trinajstić information content (AvgIpc) is 3.08. The Labute approximate surface area is 152 Å². The number of rotatable bonds is 4. The second-order valence-electron chi connectivity index (χ2n) is 8.24. The van der Waals surface area contributed by atoms with Gasteiger partial charge in [0.1, 0.15) is 5.01 Å². The molecule has 2 aromatic rings. The largest absolute Gasteiger partial charge is 0.350 e. The molecule has 0 aromatic carbocycles. The maximum atomic E-state index is 13.0. The minimum absolute atomic E-state index is 0.0748. The van der Waals surface area contributed by atoms with Crippen molar-refractivity contribution in [1.29, 1.82) is 0 Å². The average molecular weight is 353 g/mol. The molecule has 0 saturated heterocycles. The third kappa shape index (κ3) is 2.78. The van der Waals surface area contributed by atoms with Crippen molar-refractivity contribution in [1.82, 2.24) is 15.3 Å². The molecule has 6 rings (SSSR count). The summed E-state index contributed by atoms with van der Waals surface area (Å²) in [6.45, 7) is 0.532. The predicted molar refractivity (Wildman–Crippen MR) is 97.8 cm³/mol. The number of carbonyl (C=O) groups is 1. The fourth-order valence-corrected chi connectivity index (χ4v) is 6.54. The number of nitrogens with zero attached hydrogens (tertiary/aromatic N) is 2. The third-order valence-electron chi connectivity index (χ3n) is 6.39. The molecular formula is C20H23N3OS. The molecule has 0 atom stereocenters. The molecule has 5 heteroatoms. The van der Waals surface area contributed by atoms with Gasteiger partial charge in [-0.15, -0.1) is 11.3 Å². The van der Waals surface area contributed by atoms with Crippen LogP contribution in [-0.2, 0) is 11.3 Å². The Bertz CT molecular complexity index is 750. The van der Waals surface area contributed by atoms with E-state index in [1.807, 2.05) is 23.6 Å². The minimum Gasteiger partial charge on any atom is -0.350 e. The summed E-state index contributed by atoms with van der Waals surface area (Å²) in [6, 6.07) is 5.85. The van der Waals surface area contributed by atoms with Crippen LogP contribution in [0, 0.1) is 23.2 Å². The fourth-order valence-electron chi connectivity index (χ4n) is 5.74. The first kappa shape index (κ1) is 15.5. The second kappa shape index (κ2) is 5.90. The summed E-state index contributed by atoms with van der Waals surface area (Å²) in [6.07, 6.45) is 9.22. The van der Waals surface area contributed by atoms with Gasteiger partial charge in [0.15, 0.2) is 0 Å². The van der Waals surface area contributed by atoms with Crippen molar-refractivity contribution < 1.29 is 4.79 Å². The van der Waals surface area contributed by atoms with E-state index in [0.29, 0.717) is 6.54 Å². The zero-order valence-corrected chi connectivity index (χ0v) is 15.1. The van der Waals surface area contributed by atoms with E-state index >= 15 is 0 Å². The van der Waals surface area contributed by atoms with Crippen LogP contribution in [0.3, 0.4) is 0 Å². The number of aromatic nitrogens is 2. The molecule has 25 heavy (non-hydrogen) atoms. The predicted octanol–water partition coefficient (Wildman–Crippen LogP) is 4.04. The lowest BCUT2D eigenvalue weighted by Crippen LogP contribution is -2.53. The van der Waals surface area contributed by atoms with E-state index in [1.165, 1.54) is 19.3 Å². The third-order valence-corrected chi connectivity index (χ3v) is 7.30. The number of thiazole rings is 1. The van der Waals surface area contributed by atoms with Crippen molar-refractivity contribution in [3.63, 3.8) is 0 Å². The lowest BCUT2D eigenvalue weighted by atomic mass is 9.49. The number of nitrogens with one attached hydrogen (secondary N) is 1. The van der Waals surface area contributed by atoms with Crippen LogP contribution in [0.5, 0.6) is 0 Å². The molecule has 0 spiro atoms. The molecular weight excluding hydrogens is 330 g/mol. The topological polar surface area (TPSA) is 54.9 Å². The minimum atomic E-state index is -0.0748. The first-order valence-electron chi connectivity index (χ1n) is 9.34. The Kier molecular flexibility index (Phi) is 3.66. The maximum absolute atomic E-state index is 13.0. The standard InChI is InChI=1S/C20H23N3OS/c24-19(20-8-13-5-14(9-20)7-15(6-13)10-20)22-11-16-12-25-18(23-16)17-3-1-2-4-21-17/h1-4,12-15H,5-11H2,(H,22,24). The lowest BCUT2D eigenvalue weighted by molar-refractivity contribution is -0.146. The maximum Gasteiger partial charge on any atom is 0.226 e. The van der Waals surface area contributed by atoms with Gasteiger partial charge in [-0.05, 0) is 68.4 Å². The highest BCUT2D eigenvalue weighted by Crippen LogP contribution is 2.60. The monoisotopic (exact) mass is 353 g/mol. The highest BCUT2D eigenvalue weighted by atomic mass is 32.1. The molecule has 1 N–H and O–H groups in total. The van der Waals surface area contributed by atoms with Crippen molar-refractivity contribution in [2.75, 3.05) is 0 Å². The van der Waals surface area contributed by atoms with Gasteiger partial charge >= 0.3 is 0 Å². The summed E-state index contributed by atoms with van der Waals surface area (Å²) >= 11 is 1.59. The van der Waals surface area contributed by atoms with Crippen LogP contribution in [0.1, 0.15) is 44.2 Å². The molecule has 130 valence electrons. The van der Waals surface area contributed by atoms with Gasteiger partial charge in [-0.3, -0.25) is 9.78 Å². The Morgan fingerprint density at radius 3 is 2.52 bits per heavy atom. The van der Waals surface area contributed by atoms with Gasteiger partial charge < -0.3 is 5.32 Å². The molecule has 0 radical (unpaired) electrons. The van der Waals surface area contributed by atoms with Crippen molar-refractivity contribution in [2.45, 2.75) is 45.1 Å². The van der Waals surface area contributed by atoms with Crippen molar-refractivity contribution in [3.05, 3.63) is 35.5 Å².